The Bertz CT molecular complexity index is 1600. The van der Waals surface area contributed by atoms with Gasteiger partial charge in [-0.15, -0.1) is 0 Å². The topological polar surface area (TPSA) is 136 Å². The lowest BCUT2D eigenvalue weighted by atomic mass is 9.79. The third-order valence-electron chi connectivity index (χ3n) is 7.36. The van der Waals surface area contributed by atoms with Gasteiger partial charge in [0.25, 0.3) is 0 Å². The molecule has 0 unspecified atom stereocenters. The van der Waals surface area contributed by atoms with E-state index in [4.69, 9.17) is 10.4 Å². The van der Waals surface area contributed by atoms with Crippen molar-refractivity contribution < 1.29 is 28.5 Å². The molecular weight excluding hydrogens is 610 g/mol. The molecular formula is C39H53NO6S. The minimum absolute atomic E-state index is 0.00859. The van der Waals surface area contributed by atoms with E-state index in [-0.39, 0.29) is 32.1 Å². The normalized spacial score (nSPS) is 12.6. The third-order valence-corrected chi connectivity index (χ3v) is 9.14. The molecule has 0 bridgehead atoms. The molecule has 3 rings (SSSR count). The van der Waals surface area contributed by atoms with Crippen LogP contribution in [-0.4, -0.2) is 29.7 Å². The minimum Gasteiger partial charge on any atom is -0.507 e. The first-order valence-electron chi connectivity index (χ1n) is 15.5. The van der Waals surface area contributed by atoms with Crippen molar-refractivity contribution in [3.8, 4) is 17.6 Å². The summed E-state index contributed by atoms with van der Waals surface area (Å²) in [5.41, 5.74) is 3.92. The lowest BCUT2D eigenvalue weighted by molar-refractivity contribution is 0.0696. The Hall–Kier alpha value is -4.09. The smallest absolute Gasteiger partial charge is 0.335 e. The number of carboxylic acid groups (broad SMARTS) is 1. The fourth-order valence-corrected chi connectivity index (χ4v) is 5.94. The highest BCUT2D eigenvalue weighted by atomic mass is 32.2. The SMILES string of the molecule is C/C=C(\C#N)S(=O)(=O)c1cccc(C(=O)O)c1.CC(C)(C)c1cccc(C(C)(C)C)c1O.CC(C)(C)c1cccc(C(C)(C)C)c1O. The number of aromatic carboxylic acids is 1. The third kappa shape index (κ3) is 11.0. The molecule has 0 amide bonds. The van der Waals surface area contributed by atoms with Crippen molar-refractivity contribution in [3.63, 3.8) is 0 Å². The quantitative estimate of drug-likeness (QED) is 0.237. The first-order valence-corrected chi connectivity index (χ1v) is 17.0. The zero-order valence-electron chi connectivity index (χ0n) is 30.3. The number of aromatic hydroxyl groups is 2. The number of benzene rings is 3. The van der Waals surface area contributed by atoms with Gasteiger partial charge >= 0.3 is 5.97 Å². The number of nitrogens with zero attached hydrogens (tertiary/aromatic N) is 1. The van der Waals surface area contributed by atoms with Gasteiger partial charge in [-0.3, -0.25) is 0 Å². The second-order valence-corrected chi connectivity index (χ2v) is 17.4. The predicted octanol–water partition coefficient (Wildman–Crippen LogP) is 9.56. The zero-order valence-corrected chi connectivity index (χ0v) is 31.1. The molecule has 47 heavy (non-hydrogen) atoms. The maximum absolute atomic E-state index is 11.9. The summed E-state index contributed by atoms with van der Waals surface area (Å²) in [4.78, 5) is 10.1. The molecule has 3 aromatic rings. The highest BCUT2D eigenvalue weighted by Gasteiger charge is 2.26. The average Bonchev–Trinajstić information content (AvgIpc) is 2.92. The van der Waals surface area contributed by atoms with Crippen LogP contribution in [0.3, 0.4) is 0 Å². The molecule has 0 aliphatic rings. The molecule has 7 nitrogen and oxygen atoms in total. The summed E-state index contributed by atoms with van der Waals surface area (Å²) in [6.07, 6.45) is 1.17. The molecule has 0 aromatic heterocycles. The largest absolute Gasteiger partial charge is 0.507 e. The number of nitriles is 1. The summed E-state index contributed by atoms with van der Waals surface area (Å²) in [6, 6.07) is 18.5. The molecule has 0 aliphatic heterocycles. The zero-order chi connectivity index (χ0) is 36.8. The van der Waals surface area contributed by atoms with E-state index in [9.17, 15) is 23.4 Å². The van der Waals surface area contributed by atoms with Crippen molar-refractivity contribution in [2.75, 3.05) is 0 Å². The van der Waals surface area contributed by atoms with Gasteiger partial charge in [0.1, 0.15) is 22.5 Å². The fourth-order valence-electron chi connectivity index (χ4n) is 4.71. The Labute approximate surface area is 282 Å². The molecule has 256 valence electrons. The minimum atomic E-state index is -3.92. The second-order valence-electron chi connectivity index (χ2n) is 15.5. The number of sulfone groups is 1. The van der Waals surface area contributed by atoms with Gasteiger partial charge < -0.3 is 15.3 Å². The van der Waals surface area contributed by atoms with E-state index in [1.165, 1.54) is 31.2 Å². The fraction of sp³-hybridized carbons (Fsp3) is 0.436. The van der Waals surface area contributed by atoms with Crippen molar-refractivity contribution in [2.45, 2.75) is 117 Å². The molecule has 3 aromatic carbocycles. The van der Waals surface area contributed by atoms with Crippen LogP contribution in [0.1, 0.15) is 123 Å². The molecule has 0 aliphatic carbocycles. The Kier molecular flexibility index (Phi) is 13.2. The van der Waals surface area contributed by atoms with Crippen molar-refractivity contribution in [3.05, 3.63) is 99.5 Å². The predicted molar refractivity (Wildman–Crippen MR) is 191 cm³/mol. The number of phenolic OH excluding ortho intramolecular Hbond substituents is 2. The van der Waals surface area contributed by atoms with Crippen LogP contribution in [-0.2, 0) is 31.5 Å². The first-order chi connectivity index (χ1) is 21.2. The monoisotopic (exact) mass is 663 g/mol. The summed E-state index contributed by atoms with van der Waals surface area (Å²) in [5, 5.41) is 38.0. The number of rotatable bonds is 3. The van der Waals surface area contributed by atoms with Crippen LogP contribution < -0.4 is 0 Å². The Morgan fingerprint density at radius 3 is 1.23 bits per heavy atom. The van der Waals surface area contributed by atoms with Crippen LogP contribution in [0.25, 0.3) is 0 Å². The number of hydrogen-bond acceptors (Lipinski definition) is 6. The van der Waals surface area contributed by atoms with Crippen molar-refractivity contribution in [1.29, 1.82) is 5.26 Å². The van der Waals surface area contributed by atoms with E-state index in [1.54, 1.807) is 6.07 Å². The Morgan fingerprint density at radius 1 is 0.660 bits per heavy atom. The van der Waals surface area contributed by atoms with E-state index < -0.39 is 20.7 Å². The lowest BCUT2D eigenvalue weighted by Crippen LogP contribution is -2.16. The summed E-state index contributed by atoms with van der Waals surface area (Å²) >= 11 is 0. The highest BCUT2D eigenvalue weighted by molar-refractivity contribution is 7.95. The van der Waals surface area contributed by atoms with Gasteiger partial charge in [-0.2, -0.15) is 5.26 Å². The van der Waals surface area contributed by atoms with Crippen molar-refractivity contribution in [1.82, 2.24) is 0 Å². The number of carboxylic acids is 1. The summed E-state index contributed by atoms with van der Waals surface area (Å²) in [7, 11) is -3.92. The van der Waals surface area contributed by atoms with Crippen LogP contribution in [0.15, 0.2) is 76.5 Å². The highest BCUT2D eigenvalue weighted by Crippen LogP contribution is 2.39. The van der Waals surface area contributed by atoms with Gasteiger partial charge in [-0.1, -0.05) is 132 Å². The summed E-state index contributed by atoms with van der Waals surface area (Å²) < 4.78 is 23.8. The van der Waals surface area contributed by atoms with Gasteiger partial charge in [0.2, 0.25) is 9.84 Å². The van der Waals surface area contributed by atoms with Gasteiger partial charge in [0, 0.05) is 0 Å². The van der Waals surface area contributed by atoms with Crippen LogP contribution >= 0.6 is 0 Å². The number of phenols is 2. The molecule has 0 radical (unpaired) electrons. The van der Waals surface area contributed by atoms with Crippen molar-refractivity contribution in [2.24, 2.45) is 0 Å². The summed E-state index contributed by atoms with van der Waals surface area (Å²) in [6.45, 7) is 26.9. The van der Waals surface area contributed by atoms with Gasteiger partial charge in [0.05, 0.1) is 10.5 Å². The van der Waals surface area contributed by atoms with Gasteiger partial charge in [0.15, 0.2) is 0 Å². The second kappa shape index (κ2) is 15.2. The Morgan fingerprint density at radius 2 is 0.979 bits per heavy atom. The van der Waals surface area contributed by atoms with Crippen LogP contribution in [0, 0.1) is 11.3 Å². The maximum atomic E-state index is 11.9. The van der Waals surface area contributed by atoms with E-state index >= 15 is 0 Å². The van der Waals surface area contributed by atoms with E-state index in [1.807, 2.05) is 36.4 Å². The molecule has 0 atom stereocenters. The van der Waals surface area contributed by atoms with Crippen LogP contribution in [0.2, 0.25) is 0 Å². The van der Waals surface area contributed by atoms with Crippen molar-refractivity contribution >= 4 is 15.8 Å². The molecule has 0 saturated carbocycles. The number of allylic oxidation sites excluding steroid dienone is 2. The standard InChI is InChI=1S/2C14H22O.C11H9NO4S/c2*1-13(2,3)10-8-7-9-11(12(10)15)14(4,5)6;1-2-9(7-12)17(15,16)10-5-3-4-8(6-10)11(13)14/h2*7-9,15H,1-6H3;2-6H,1H3,(H,13,14)/b;;9-2+. The molecule has 0 heterocycles. The maximum Gasteiger partial charge on any atom is 0.335 e. The van der Waals surface area contributed by atoms with Gasteiger partial charge in [-0.05, 0) is 69.0 Å². The average molecular weight is 664 g/mol. The molecule has 8 heteroatoms. The summed E-state index contributed by atoms with van der Waals surface area (Å²) in [5.74, 6) is -0.309. The molecule has 0 spiro atoms. The number of para-hydroxylation sites is 2. The first kappa shape index (κ1) is 40.9. The number of carbonyl (C=O) groups is 1. The van der Waals surface area contributed by atoms with Gasteiger partial charge in [-0.25, -0.2) is 13.2 Å². The molecule has 3 N–H and O–H groups in total. The van der Waals surface area contributed by atoms with Crippen LogP contribution in [0.5, 0.6) is 11.5 Å². The van der Waals surface area contributed by atoms with E-state index in [0.717, 1.165) is 28.3 Å². The van der Waals surface area contributed by atoms with E-state index in [2.05, 4.69) is 83.1 Å². The molecule has 0 fully saturated rings. The van der Waals surface area contributed by atoms with E-state index in [0.29, 0.717) is 11.5 Å². The Balaban J connectivity index is 0.000000353. The lowest BCUT2D eigenvalue weighted by Gasteiger charge is -2.26. The molecule has 0 saturated heterocycles. The number of hydrogen-bond donors (Lipinski definition) is 3. The van der Waals surface area contributed by atoms with Crippen LogP contribution in [0.4, 0.5) is 0 Å².